The normalized spacial score (nSPS) is 14.6. The zero-order valence-corrected chi connectivity index (χ0v) is 19.4. The lowest BCUT2D eigenvalue weighted by Crippen LogP contribution is -2.39. The predicted octanol–water partition coefficient (Wildman–Crippen LogP) is 4.94. The van der Waals surface area contributed by atoms with Crippen molar-refractivity contribution in [2.75, 3.05) is 17.2 Å². The maximum Gasteiger partial charge on any atom is 0.341 e. The van der Waals surface area contributed by atoms with Crippen molar-refractivity contribution in [3.05, 3.63) is 64.5 Å². The maximum absolute atomic E-state index is 12.8. The number of carbonyl (C=O) groups excluding carboxylic acids is 3. The molecular formula is C25H24N2O5S. The standard InChI is InChI=1S/C25H24N2O5S/c1-4-31-25(30)22-17(16-8-5-14(2)6-9-16)13-33-24(22)27-21(28)12-20-23(29)26-18-11-15(3)7-10-19(18)32-20/h5-11,13,20H,4,12H2,1-3H3,(H,26,29)(H,27,28). The first-order chi connectivity index (χ1) is 15.9. The molecule has 4 rings (SSSR count). The van der Waals surface area contributed by atoms with E-state index >= 15 is 0 Å². The number of aryl methyl sites for hydroxylation is 2. The van der Waals surface area contributed by atoms with E-state index in [4.69, 9.17) is 9.47 Å². The summed E-state index contributed by atoms with van der Waals surface area (Å²) in [6.07, 6.45) is -1.16. The van der Waals surface area contributed by atoms with Crippen LogP contribution < -0.4 is 15.4 Å². The number of hydrogen-bond donors (Lipinski definition) is 2. The molecule has 33 heavy (non-hydrogen) atoms. The topological polar surface area (TPSA) is 93.7 Å². The highest BCUT2D eigenvalue weighted by molar-refractivity contribution is 7.15. The molecule has 8 heteroatoms. The first-order valence-corrected chi connectivity index (χ1v) is 11.5. The number of rotatable bonds is 6. The smallest absolute Gasteiger partial charge is 0.341 e. The van der Waals surface area contributed by atoms with Gasteiger partial charge in [0.25, 0.3) is 5.91 Å². The molecule has 0 saturated carbocycles. The maximum atomic E-state index is 12.8. The Morgan fingerprint density at radius 2 is 1.85 bits per heavy atom. The van der Waals surface area contributed by atoms with Crippen LogP contribution in [0.4, 0.5) is 10.7 Å². The van der Waals surface area contributed by atoms with Crippen LogP contribution in [0.3, 0.4) is 0 Å². The molecular weight excluding hydrogens is 440 g/mol. The molecule has 0 fully saturated rings. The van der Waals surface area contributed by atoms with E-state index in [1.54, 1.807) is 13.0 Å². The van der Waals surface area contributed by atoms with Crippen molar-refractivity contribution in [3.63, 3.8) is 0 Å². The van der Waals surface area contributed by atoms with E-state index in [1.807, 2.05) is 55.6 Å². The number of thiophene rings is 1. The van der Waals surface area contributed by atoms with Gasteiger partial charge in [-0.25, -0.2) is 4.79 Å². The molecule has 1 aromatic heterocycles. The van der Waals surface area contributed by atoms with Gasteiger partial charge in [-0.05, 0) is 44.0 Å². The van der Waals surface area contributed by atoms with Crippen molar-refractivity contribution < 1.29 is 23.9 Å². The second-order valence-electron chi connectivity index (χ2n) is 7.79. The Balaban J connectivity index is 1.54. The van der Waals surface area contributed by atoms with Gasteiger partial charge in [0, 0.05) is 10.9 Å². The number of benzene rings is 2. The third kappa shape index (κ3) is 4.90. The van der Waals surface area contributed by atoms with Gasteiger partial charge < -0.3 is 20.1 Å². The Bertz CT molecular complexity index is 1220. The summed E-state index contributed by atoms with van der Waals surface area (Å²) in [5.41, 5.74) is 4.51. The largest absolute Gasteiger partial charge is 0.478 e. The van der Waals surface area contributed by atoms with Crippen LogP contribution in [0.1, 0.15) is 34.8 Å². The van der Waals surface area contributed by atoms with E-state index in [0.29, 0.717) is 27.6 Å². The minimum absolute atomic E-state index is 0.195. The Hall–Kier alpha value is -3.65. The fourth-order valence-corrected chi connectivity index (χ4v) is 4.52. The molecule has 1 aliphatic heterocycles. The van der Waals surface area contributed by atoms with Crippen molar-refractivity contribution in [2.45, 2.75) is 33.3 Å². The van der Waals surface area contributed by atoms with Crippen LogP contribution in [0.2, 0.25) is 0 Å². The Labute approximate surface area is 195 Å². The van der Waals surface area contributed by atoms with Crippen LogP contribution >= 0.6 is 11.3 Å². The monoisotopic (exact) mass is 464 g/mol. The van der Waals surface area contributed by atoms with Crippen LogP contribution in [-0.4, -0.2) is 30.5 Å². The lowest BCUT2D eigenvalue weighted by Gasteiger charge is -2.25. The molecule has 0 spiro atoms. The molecule has 0 bridgehead atoms. The molecule has 2 heterocycles. The molecule has 170 valence electrons. The Morgan fingerprint density at radius 3 is 2.58 bits per heavy atom. The van der Waals surface area contributed by atoms with Gasteiger partial charge in [-0.1, -0.05) is 35.9 Å². The zero-order chi connectivity index (χ0) is 23.5. The van der Waals surface area contributed by atoms with Gasteiger partial charge >= 0.3 is 5.97 Å². The molecule has 1 unspecified atom stereocenters. The van der Waals surface area contributed by atoms with E-state index in [1.165, 1.54) is 11.3 Å². The van der Waals surface area contributed by atoms with Crippen LogP contribution in [0, 0.1) is 13.8 Å². The molecule has 0 aliphatic carbocycles. The summed E-state index contributed by atoms with van der Waals surface area (Å²) in [5, 5.41) is 7.74. The van der Waals surface area contributed by atoms with Crippen LogP contribution in [0.15, 0.2) is 47.8 Å². The van der Waals surface area contributed by atoms with E-state index in [-0.39, 0.29) is 18.9 Å². The van der Waals surface area contributed by atoms with Crippen molar-refractivity contribution in [3.8, 4) is 16.9 Å². The number of esters is 1. The lowest BCUT2D eigenvalue weighted by atomic mass is 10.0. The number of hydrogen-bond acceptors (Lipinski definition) is 6. The number of ether oxygens (including phenoxy) is 2. The van der Waals surface area contributed by atoms with Crippen molar-refractivity contribution in [1.82, 2.24) is 0 Å². The highest BCUT2D eigenvalue weighted by atomic mass is 32.1. The van der Waals surface area contributed by atoms with Crippen LogP contribution in [0.5, 0.6) is 5.75 Å². The Morgan fingerprint density at radius 1 is 1.12 bits per heavy atom. The fourth-order valence-electron chi connectivity index (χ4n) is 3.55. The summed E-state index contributed by atoms with van der Waals surface area (Å²) >= 11 is 1.24. The fraction of sp³-hybridized carbons (Fsp3) is 0.240. The molecule has 1 atom stereocenters. The summed E-state index contributed by atoms with van der Waals surface area (Å²) in [7, 11) is 0. The highest BCUT2D eigenvalue weighted by Gasteiger charge is 2.31. The minimum atomic E-state index is -0.970. The van der Waals surface area contributed by atoms with Gasteiger partial charge in [-0.3, -0.25) is 9.59 Å². The number of amides is 2. The summed E-state index contributed by atoms with van der Waals surface area (Å²) in [5.74, 6) is -0.822. The number of fused-ring (bicyclic) bond motifs is 1. The van der Waals surface area contributed by atoms with Gasteiger partial charge in [0.1, 0.15) is 16.3 Å². The second-order valence-corrected chi connectivity index (χ2v) is 8.67. The molecule has 0 radical (unpaired) electrons. The number of anilines is 2. The van der Waals surface area contributed by atoms with Gasteiger partial charge in [-0.2, -0.15) is 0 Å². The molecule has 2 aromatic carbocycles. The summed E-state index contributed by atoms with van der Waals surface area (Å²) in [4.78, 5) is 38.0. The van der Waals surface area contributed by atoms with Gasteiger partial charge in [-0.15, -0.1) is 11.3 Å². The molecule has 7 nitrogen and oxygen atoms in total. The van der Waals surface area contributed by atoms with E-state index in [9.17, 15) is 14.4 Å². The van der Waals surface area contributed by atoms with Gasteiger partial charge in [0.05, 0.1) is 18.7 Å². The van der Waals surface area contributed by atoms with E-state index in [0.717, 1.165) is 16.7 Å². The highest BCUT2D eigenvalue weighted by Crippen LogP contribution is 2.37. The first-order valence-electron chi connectivity index (χ1n) is 10.6. The molecule has 2 N–H and O–H groups in total. The average molecular weight is 465 g/mol. The molecule has 2 amide bonds. The number of carbonyl (C=O) groups is 3. The van der Waals surface area contributed by atoms with Crippen LogP contribution in [-0.2, 0) is 14.3 Å². The minimum Gasteiger partial charge on any atom is -0.478 e. The Kier molecular flexibility index (Phi) is 6.46. The molecule has 0 saturated heterocycles. The third-order valence-electron chi connectivity index (χ3n) is 5.21. The van der Waals surface area contributed by atoms with Gasteiger partial charge in [0.15, 0.2) is 6.10 Å². The SMILES string of the molecule is CCOC(=O)c1c(-c2ccc(C)cc2)csc1NC(=O)CC1Oc2ccc(C)cc2NC1=O. The van der Waals surface area contributed by atoms with Crippen LogP contribution in [0.25, 0.3) is 11.1 Å². The van der Waals surface area contributed by atoms with Crippen molar-refractivity contribution in [1.29, 1.82) is 0 Å². The van der Waals surface area contributed by atoms with Gasteiger partial charge in [0.2, 0.25) is 5.91 Å². The van der Waals surface area contributed by atoms with E-state index < -0.39 is 18.0 Å². The third-order valence-corrected chi connectivity index (χ3v) is 6.11. The predicted molar refractivity (Wildman–Crippen MR) is 128 cm³/mol. The molecule has 1 aliphatic rings. The summed E-state index contributed by atoms with van der Waals surface area (Å²) < 4.78 is 11.0. The van der Waals surface area contributed by atoms with E-state index in [2.05, 4.69) is 10.6 Å². The number of nitrogens with one attached hydrogen (secondary N) is 2. The average Bonchev–Trinajstić information content (AvgIpc) is 3.18. The summed E-state index contributed by atoms with van der Waals surface area (Å²) in [6.45, 7) is 5.84. The quantitative estimate of drug-likeness (QED) is 0.504. The second kappa shape index (κ2) is 9.46. The zero-order valence-electron chi connectivity index (χ0n) is 18.6. The summed E-state index contributed by atoms with van der Waals surface area (Å²) in [6, 6.07) is 13.2. The first kappa shape index (κ1) is 22.5. The van der Waals surface area contributed by atoms with Crippen molar-refractivity contribution in [2.24, 2.45) is 0 Å². The lowest BCUT2D eigenvalue weighted by molar-refractivity contribution is -0.128. The molecule has 3 aromatic rings. The van der Waals surface area contributed by atoms with Crippen molar-refractivity contribution >= 4 is 39.8 Å².